The van der Waals surface area contributed by atoms with E-state index in [0.29, 0.717) is 13.1 Å². The number of rotatable bonds is 7. The lowest BCUT2D eigenvalue weighted by atomic mass is 10.2. The molecule has 136 valence electrons. The fraction of sp³-hybridized carbons (Fsp3) is 0.353. The van der Waals surface area contributed by atoms with Crippen LogP contribution in [0.5, 0.6) is 5.75 Å². The minimum atomic E-state index is -4.70. The molecule has 0 aliphatic heterocycles. The molecule has 2 aromatic rings. The van der Waals surface area contributed by atoms with Crippen molar-refractivity contribution in [1.82, 2.24) is 9.80 Å². The number of amides is 1. The molecule has 0 saturated heterocycles. The van der Waals surface area contributed by atoms with E-state index in [1.807, 2.05) is 22.4 Å². The third-order valence-corrected chi connectivity index (χ3v) is 4.27. The van der Waals surface area contributed by atoms with Crippen LogP contribution in [0.4, 0.5) is 13.2 Å². The zero-order valence-corrected chi connectivity index (χ0v) is 14.7. The fourth-order valence-electron chi connectivity index (χ4n) is 2.24. The van der Waals surface area contributed by atoms with Crippen molar-refractivity contribution in [2.75, 3.05) is 20.6 Å². The Balaban J connectivity index is 1.82. The number of hydrogen-bond acceptors (Lipinski definition) is 4. The van der Waals surface area contributed by atoms with Gasteiger partial charge in [0, 0.05) is 18.5 Å². The third-order valence-electron chi connectivity index (χ3n) is 3.41. The lowest BCUT2D eigenvalue weighted by Gasteiger charge is -2.21. The molecule has 0 spiro atoms. The molecule has 1 amide bonds. The van der Waals surface area contributed by atoms with Crippen LogP contribution in [0.25, 0.3) is 0 Å². The standard InChI is InChI=1S/C17H19F3N2O2S/c1-21(12-16(23)22(2)11-15-4-3-9-25-15)10-13-5-7-14(8-6-13)24-17(18,19)20/h3-9H,10-12H2,1-2H3. The van der Waals surface area contributed by atoms with Crippen LogP contribution in [0.2, 0.25) is 0 Å². The van der Waals surface area contributed by atoms with Gasteiger partial charge in [0.1, 0.15) is 5.75 Å². The first-order valence-corrected chi connectivity index (χ1v) is 8.40. The average molecular weight is 372 g/mol. The van der Waals surface area contributed by atoms with Gasteiger partial charge in [-0.1, -0.05) is 18.2 Å². The molecular formula is C17H19F3N2O2S. The molecule has 0 unspecified atom stereocenters. The van der Waals surface area contributed by atoms with E-state index in [-0.39, 0.29) is 18.2 Å². The summed E-state index contributed by atoms with van der Waals surface area (Å²) in [4.78, 5) is 16.8. The number of carbonyl (C=O) groups is 1. The second-order valence-corrected chi connectivity index (χ2v) is 6.73. The predicted molar refractivity (Wildman–Crippen MR) is 90.3 cm³/mol. The number of benzene rings is 1. The molecule has 1 aromatic carbocycles. The summed E-state index contributed by atoms with van der Waals surface area (Å²) in [6.45, 7) is 1.24. The van der Waals surface area contributed by atoms with Gasteiger partial charge in [-0.2, -0.15) is 0 Å². The highest BCUT2D eigenvalue weighted by Crippen LogP contribution is 2.23. The molecule has 0 atom stereocenters. The van der Waals surface area contributed by atoms with Gasteiger partial charge in [0.2, 0.25) is 5.91 Å². The normalized spacial score (nSPS) is 11.6. The van der Waals surface area contributed by atoms with Crippen LogP contribution in [0.3, 0.4) is 0 Å². The zero-order valence-electron chi connectivity index (χ0n) is 13.9. The van der Waals surface area contributed by atoms with Crippen LogP contribution >= 0.6 is 11.3 Å². The molecule has 4 nitrogen and oxygen atoms in total. The predicted octanol–water partition coefficient (Wildman–Crippen LogP) is 3.74. The molecule has 0 radical (unpaired) electrons. The van der Waals surface area contributed by atoms with E-state index in [0.717, 1.165) is 10.4 Å². The SMILES string of the molecule is CN(CC(=O)N(C)Cc1cccs1)Cc1ccc(OC(F)(F)F)cc1. The molecular weight excluding hydrogens is 353 g/mol. The van der Waals surface area contributed by atoms with Crippen LogP contribution in [0.1, 0.15) is 10.4 Å². The van der Waals surface area contributed by atoms with E-state index in [4.69, 9.17) is 0 Å². The summed E-state index contributed by atoms with van der Waals surface area (Å²) in [6.07, 6.45) is -4.70. The van der Waals surface area contributed by atoms with Crippen LogP contribution in [-0.4, -0.2) is 42.7 Å². The lowest BCUT2D eigenvalue weighted by Crippen LogP contribution is -2.35. The maximum Gasteiger partial charge on any atom is 0.573 e. The monoisotopic (exact) mass is 372 g/mol. The number of thiophene rings is 1. The quantitative estimate of drug-likeness (QED) is 0.742. The minimum Gasteiger partial charge on any atom is -0.406 e. The highest BCUT2D eigenvalue weighted by molar-refractivity contribution is 7.09. The van der Waals surface area contributed by atoms with Crippen LogP contribution in [0, 0.1) is 0 Å². The minimum absolute atomic E-state index is 0.0204. The van der Waals surface area contributed by atoms with Crippen molar-refractivity contribution in [1.29, 1.82) is 0 Å². The summed E-state index contributed by atoms with van der Waals surface area (Å²) >= 11 is 1.60. The van der Waals surface area contributed by atoms with Crippen molar-refractivity contribution >= 4 is 17.2 Å². The molecule has 2 rings (SSSR count). The van der Waals surface area contributed by atoms with Gasteiger partial charge in [-0.25, -0.2) is 0 Å². The first-order chi connectivity index (χ1) is 11.7. The van der Waals surface area contributed by atoms with Crippen molar-refractivity contribution in [2.24, 2.45) is 0 Å². The van der Waals surface area contributed by atoms with E-state index in [1.54, 1.807) is 42.5 Å². The van der Waals surface area contributed by atoms with Gasteiger partial charge < -0.3 is 9.64 Å². The summed E-state index contributed by atoms with van der Waals surface area (Å²) in [6, 6.07) is 9.55. The molecule has 0 bridgehead atoms. The Bertz CT molecular complexity index is 672. The summed E-state index contributed by atoms with van der Waals surface area (Å²) < 4.78 is 40.2. The van der Waals surface area contributed by atoms with E-state index in [1.165, 1.54) is 12.1 Å². The second kappa shape index (κ2) is 8.35. The maximum atomic E-state index is 12.2. The molecule has 1 heterocycles. The van der Waals surface area contributed by atoms with Crippen LogP contribution < -0.4 is 4.74 Å². The average Bonchev–Trinajstić information content (AvgIpc) is 3.00. The Labute approximate surface area is 148 Å². The van der Waals surface area contributed by atoms with Crippen molar-refractivity contribution in [3.05, 3.63) is 52.2 Å². The highest BCUT2D eigenvalue weighted by Gasteiger charge is 2.30. The van der Waals surface area contributed by atoms with Gasteiger partial charge in [0.15, 0.2) is 0 Å². The number of hydrogen-bond donors (Lipinski definition) is 0. The van der Waals surface area contributed by atoms with Crippen molar-refractivity contribution < 1.29 is 22.7 Å². The number of nitrogens with zero attached hydrogens (tertiary/aromatic N) is 2. The smallest absolute Gasteiger partial charge is 0.406 e. The van der Waals surface area contributed by atoms with Crippen molar-refractivity contribution in [3.8, 4) is 5.75 Å². The maximum absolute atomic E-state index is 12.2. The molecule has 0 saturated carbocycles. The van der Waals surface area contributed by atoms with Crippen LogP contribution in [-0.2, 0) is 17.9 Å². The van der Waals surface area contributed by atoms with Gasteiger partial charge >= 0.3 is 6.36 Å². The third kappa shape index (κ3) is 6.75. The Kier molecular flexibility index (Phi) is 6.44. The molecule has 0 N–H and O–H groups in total. The first kappa shape index (κ1) is 19.3. The lowest BCUT2D eigenvalue weighted by molar-refractivity contribution is -0.274. The summed E-state index contributed by atoms with van der Waals surface area (Å²) in [5, 5.41) is 1.96. The number of halogens is 3. The molecule has 8 heteroatoms. The van der Waals surface area contributed by atoms with Crippen molar-refractivity contribution in [2.45, 2.75) is 19.5 Å². The first-order valence-electron chi connectivity index (χ1n) is 7.52. The summed E-state index contributed by atoms with van der Waals surface area (Å²) in [7, 11) is 3.54. The van der Waals surface area contributed by atoms with Gasteiger partial charge in [-0.05, 0) is 36.2 Å². The number of likely N-dealkylation sites (N-methyl/N-ethyl adjacent to an activating group) is 2. The van der Waals surface area contributed by atoms with Gasteiger partial charge in [0.25, 0.3) is 0 Å². The number of alkyl halides is 3. The largest absolute Gasteiger partial charge is 0.573 e. The van der Waals surface area contributed by atoms with E-state index < -0.39 is 6.36 Å². The summed E-state index contributed by atoms with van der Waals surface area (Å²) in [5.74, 6) is -0.279. The molecule has 0 fully saturated rings. The second-order valence-electron chi connectivity index (χ2n) is 5.69. The summed E-state index contributed by atoms with van der Waals surface area (Å²) in [5.41, 5.74) is 0.797. The van der Waals surface area contributed by atoms with Crippen LogP contribution in [0.15, 0.2) is 41.8 Å². The Hall–Kier alpha value is -2.06. The molecule has 25 heavy (non-hydrogen) atoms. The van der Waals surface area contributed by atoms with E-state index in [9.17, 15) is 18.0 Å². The van der Waals surface area contributed by atoms with E-state index >= 15 is 0 Å². The fourth-order valence-corrected chi connectivity index (χ4v) is 3.00. The van der Waals surface area contributed by atoms with Gasteiger partial charge in [-0.3, -0.25) is 9.69 Å². The van der Waals surface area contributed by atoms with Gasteiger partial charge in [-0.15, -0.1) is 24.5 Å². The zero-order chi connectivity index (χ0) is 18.4. The Morgan fingerprint density at radius 3 is 2.36 bits per heavy atom. The Morgan fingerprint density at radius 1 is 1.12 bits per heavy atom. The van der Waals surface area contributed by atoms with Gasteiger partial charge in [0.05, 0.1) is 13.1 Å². The number of ether oxygens (including phenoxy) is 1. The molecule has 0 aliphatic carbocycles. The molecule has 1 aromatic heterocycles. The Morgan fingerprint density at radius 2 is 1.80 bits per heavy atom. The van der Waals surface area contributed by atoms with Crippen molar-refractivity contribution in [3.63, 3.8) is 0 Å². The highest BCUT2D eigenvalue weighted by atomic mass is 32.1. The molecule has 0 aliphatic rings. The topological polar surface area (TPSA) is 32.8 Å². The van der Waals surface area contributed by atoms with E-state index in [2.05, 4.69) is 4.74 Å². The number of carbonyl (C=O) groups excluding carboxylic acids is 1.